The Bertz CT molecular complexity index is 803. The Morgan fingerprint density at radius 2 is 1.96 bits per heavy atom. The number of hydrogen-bond acceptors (Lipinski definition) is 3. The number of nitrogens with two attached hydrogens (primary N) is 1. The van der Waals surface area contributed by atoms with Crippen LogP contribution in [0.5, 0.6) is 5.75 Å². The van der Waals surface area contributed by atoms with E-state index in [0.29, 0.717) is 30.6 Å². The molecule has 1 atom stereocenters. The lowest BCUT2D eigenvalue weighted by atomic mass is 9.95. The molecule has 2 aromatic carbocycles. The summed E-state index contributed by atoms with van der Waals surface area (Å²) < 4.78 is 5.81. The number of alkyl halides is 1. The highest BCUT2D eigenvalue weighted by Crippen LogP contribution is 2.39. The lowest BCUT2D eigenvalue weighted by Gasteiger charge is -2.31. The van der Waals surface area contributed by atoms with E-state index in [9.17, 15) is 4.79 Å². The van der Waals surface area contributed by atoms with Gasteiger partial charge in [-0.15, -0.1) is 11.6 Å². The Hall–Kier alpha value is -1.82. The fourth-order valence-corrected chi connectivity index (χ4v) is 4.05. The van der Waals surface area contributed by atoms with Gasteiger partial charge < -0.3 is 19.9 Å². The van der Waals surface area contributed by atoms with Crippen LogP contribution in [0.2, 0.25) is 0 Å². The monoisotopic (exact) mass is 360 g/mol. The van der Waals surface area contributed by atoms with Crippen LogP contribution in [-0.2, 0) is 0 Å². The van der Waals surface area contributed by atoms with Crippen molar-refractivity contribution in [1.82, 2.24) is 9.80 Å². The van der Waals surface area contributed by atoms with Crippen LogP contribution in [0.4, 0.5) is 10.5 Å². The maximum absolute atomic E-state index is 12.6. The number of likely N-dealkylation sites (N-methyl/N-ethyl adjacent to an activating group) is 1. The zero-order valence-electron chi connectivity index (χ0n) is 14.4. The number of halogens is 1. The van der Waals surface area contributed by atoms with Crippen molar-refractivity contribution in [2.45, 2.75) is 5.92 Å². The summed E-state index contributed by atoms with van der Waals surface area (Å²) in [4.78, 5) is 16.6. The van der Waals surface area contributed by atoms with Gasteiger partial charge in [0.25, 0.3) is 0 Å². The van der Waals surface area contributed by atoms with Crippen LogP contribution in [0.1, 0.15) is 11.5 Å². The first-order valence-corrected chi connectivity index (χ1v) is 9.31. The molecule has 1 amide bonds. The Labute approximate surface area is 152 Å². The fourth-order valence-electron chi connectivity index (χ4n) is 3.77. The van der Waals surface area contributed by atoms with Crippen LogP contribution < -0.4 is 10.1 Å². The molecule has 0 unspecified atom stereocenters. The Kier molecular flexibility index (Phi) is 4.54. The summed E-state index contributed by atoms with van der Waals surface area (Å²) in [6.45, 7) is 4.12. The van der Waals surface area contributed by atoms with E-state index in [1.54, 1.807) is 4.90 Å². The van der Waals surface area contributed by atoms with Gasteiger partial charge in [0.2, 0.25) is 0 Å². The second kappa shape index (κ2) is 6.83. The highest BCUT2D eigenvalue weighted by Gasteiger charge is 2.30. The van der Waals surface area contributed by atoms with Crippen molar-refractivity contribution in [3.8, 4) is 5.75 Å². The first-order valence-electron chi connectivity index (χ1n) is 8.77. The minimum atomic E-state index is -0.259. The minimum Gasteiger partial charge on any atom is -0.409 e. The third kappa shape index (κ3) is 3.08. The van der Waals surface area contributed by atoms with Gasteiger partial charge in [0.15, 0.2) is 0 Å². The molecule has 2 N–H and O–H groups in total. The second-order valence-corrected chi connectivity index (χ2v) is 7.18. The molecule has 2 aromatic rings. The second-order valence-electron chi connectivity index (χ2n) is 6.87. The predicted molar refractivity (Wildman–Crippen MR) is 99.0 cm³/mol. The molecule has 2 aliphatic heterocycles. The van der Waals surface area contributed by atoms with Crippen molar-refractivity contribution < 1.29 is 14.8 Å². The van der Waals surface area contributed by atoms with E-state index in [2.05, 4.69) is 23.3 Å². The molecule has 0 radical (unpaired) electrons. The molecule has 0 aromatic heterocycles. The highest BCUT2D eigenvalue weighted by atomic mass is 35.5. The number of ether oxygens (including phenoxy) is 1. The first kappa shape index (κ1) is 16.6. The quantitative estimate of drug-likeness (QED) is 0.659. The van der Waals surface area contributed by atoms with Crippen LogP contribution in [0, 0.1) is 0 Å². The number of hydrogen-bond donors (Lipinski definition) is 1. The lowest BCUT2D eigenvalue weighted by molar-refractivity contribution is -0.563. The minimum absolute atomic E-state index is 0.259. The van der Waals surface area contributed by atoms with Gasteiger partial charge in [-0.2, -0.15) is 0 Å². The SMILES string of the molecule is CN1CCN(C(=O)Oc2cc3c(c4ccccc24)[C@H](CCl)C[NH2+]3)CC1. The van der Waals surface area contributed by atoms with E-state index in [4.69, 9.17) is 16.3 Å². The van der Waals surface area contributed by atoms with Gasteiger partial charge >= 0.3 is 6.09 Å². The number of fused-ring (bicyclic) bond motifs is 3. The highest BCUT2D eigenvalue weighted by molar-refractivity contribution is 6.18. The largest absolute Gasteiger partial charge is 0.415 e. The van der Waals surface area contributed by atoms with Crippen molar-refractivity contribution >= 4 is 34.2 Å². The summed E-state index contributed by atoms with van der Waals surface area (Å²) in [7, 11) is 2.07. The van der Waals surface area contributed by atoms with E-state index in [-0.39, 0.29) is 6.09 Å². The average molecular weight is 361 g/mol. The molecular formula is C19H23ClN3O2+. The van der Waals surface area contributed by atoms with Crippen molar-refractivity contribution in [2.24, 2.45) is 0 Å². The Morgan fingerprint density at radius 3 is 2.68 bits per heavy atom. The maximum atomic E-state index is 12.6. The van der Waals surface area contributed by atoms with Crippen molar-refractivity contribution in [2.75, 3.05) is 45.7 Å². The van der Waals surface area contributed by atoms with E-state index in [1.807, 2.05) is 24.3 Å². The Morgan fingerprint density at radius 1 is 1.24 bits per heavy atom. The molecule has 25 heavy (non-hydrogen) atoms. The van der Waals surface area contributed by atoms with Crippen LogP contribution in [0.15, 0.2) is 30.3 Å². The average Bonchev–Trinajstić information content (AvgIpc) is 3.05. The number of quaternary nitrogens is 1. The smallest absolute Gasteiger partial charge is 0.409 e. The molecule has 0 bridgehead atoms. The topological polar surface area (TPSA) is 49.4 Å². The lowest BCUT2D eigenvalue weighted by Crippen LogP contribution is -2.76. The number of rotatable bonds is 2. The number of carbonyl (C=O) groups excluding carboxylic acids is 1. The molecule has 2 aliphatic rings. The van der Waals surface area contributed by atoms with Crippen LogP contribution in [0.25, 0.3) is 10.8 Å². The van der Waals surface area contributed by atoms with E-state index >= 15 is 0 Å². The number of nitrogens with zero attached hydrogens (tertiary/aromatic N) is 2. The third-order valence-corrected chi connectivity index (χ3v) is 5.63. The molecule has 1 saturated heterocycles. The number of piperazine rings is 1. The van der Waals surface area contributed by atoms with Crippen molar-refractivity contribution in [3.63, 3.8) is 0 Å². The predicted octanol–water partition coefficient (Wildman–Crippen LogP) is 2.12. The molecule has 6 heteroatoms. The van der Waals surface area contributed by atoms with E-state index < -0.39 is 0 Å². The number of carbonyl (C=O) groups is 1. The summed E-state index contributed by atoms with van der Waals surface area (Å²) in [5.41, 5.74) is 2.43. The van der Waals surface area contributed by atoms with Gasteiger partial charge in [-0.05, 0) is 12.4 Å². The summed E-state index contributed by atoms with van der Waals surface area (Å²) in [6, 6.07) is 10.1. The van der Waals surface area contributed by atoms with Gasteiger partial charge in [0, 0.05) is 49.1 Å². The normalized spacial score (nSPS) is 20.7. The number of benzene rings is 2. The molecule has 4 rings (SSSR count). The summed E-state index contributed by atoms with van der Waals surface area (Å²) in [5.74, 6) is 1.59. The van der Waals surface area contributed by atoms with Gasteiger partial charge in [-0.1, -0.05) is 24.3 Å². The zero-order chi connectivity index (χ0) is 17.4. The Balaban J connectivity index is 1.67. The molecule has 0 spiro atoms. The summed E-state index contributed by atoms with van der Waals surface area (Å²) in [6.07, 6.45) is -0.259. The fraction of sp³-hybridized carbons (Fsp3) is 0.421. The summed E-state index contributed by atoms with van der Waals surface area (Å²) in [5, 5.41) is 4.32. The molecule has 1 fully saturated rings. The van der Waals surface area contributed by atoms with Gasteiger partial charge in [-0.3, -0.25) is 0 Å². The van der Waals surface area contributed by atoms with Crippen LogP contribution in [0.3, 0.4) is 0 Å². The molecule has 5 nitrogen and oxygen atoms in total. The van der Waals surface area contributed by atoms with Gasteiger partial charge in [0.05, 0.1) is 12.5 Å². The summed E-state index contributed by atoms with van der Waals surface area (Å²) >= 11 is 6.16. The van der Waals surface area contributed by atoms with E-state index in [1.165, 1.54) is 5.56 Å². The van der Waals surface area contributed by atoms with Crippen molar-refractivity contribution in [1.29, 1.82) is 0 Å². The molecule has 2 heterocycles. The zero-order valence-corrected chi connectivity index (χ0v) is 15.1. The first-order chi connectivity index (χ1) is 12.2. The van der Waals surface area contributed by atoms with Crippen molar-refractivity contribution in [3.05, 3.63) is 35.9 Å². The van der Waals surface area contributed by atoms with Gasteiger partial charge in [0.1, 0.15) is 11.4 Å². The third-order valence-electron chi connectivity index (χ3n) is 5.26. The molecule has 0 saturated carbocycles. The molecule has 0 aliphatic carbocycles. The molecular weight excluding hydrogens is 338 g/mol. The van der Waals surface area contributed by atoms with E-state index in [0.717, 1.165) is 36.1 Å². The molecule has 132 valence electrons. The van der Waals surface area contributed by atoms with Crippen LogP contribution in [-0.4, -0.2) is 61.5 Å². The number of amides is 1. The van der Waals surface area contributed by atoms with Crippen LogP contribution >= 0.6 is 11.6 Å². The maximum Gasteiger partial charge on any atom is 0.415 e. The van der Waals surface area contributed by atoms with Gasteiger partial charge in [-0.25, -0.2) is 4.79 Å². The standard InChI is InChI=1S/C19H22ClN3O2/c1-22-6-8-23(9-7-22)19(24)25-17-10-16-18(13(11-20)12-21-16)15-5-3-2-4-14(15)17/h2-5,10,13,21H,6-9,11-12H2,1H3/p+1/t13-/m1/s1.